The van der Waals surface area contributed by atoms with Crippen molar-refractivity contribution in [3.63, 3.8) is 0 Å². The molecule has 0 unspecified atom stereocenters. The number of rotatable bonds is 4. The molecule has 1 aliphatic rings. The van der Waals surface area contributed by atoms with Gasteiger partial charge in [-0.25, -0.2) is 19.3 Å². The predicted octanol–water partition coefficient (Wildman–Crippen LogP) is 4.48. The lowest BCUT2D eigenvalue weighted by atomic mass is 10.1. The van der Waals surface area contributed by atoms with E-state index in [1.54, 1.807) is 26.2 Å². The number of hydrogen-bond acceptors (Lipinski definition) is 6. The van der Waals surface area contributed by atoms with E-state index in [-0.39, 0.29) is 6.54 Å². The fourth-order valence-corrected chi connectivity index (χ4v) is 4.12. The molecular weight excluding hydrogens is 447 g/mol. The molecule has 2 aromatic carbocycles. The van der Waals surface area contributed by atoms with Crippen LogP contribution in [0, 0.1) is 5.82 Å². The normalized spacial score (nSPS) is 13.7. The van der Waals surface area contributed by atoms with Crippen molar-refractivity contribution in [1.82, 2.24) is 19.5 Å². The molecule has 0 saturated carbocycles. The summed E-state index contributed by atoms with van der Waals surface area (Å²) in [5, 5.41) is 13.3. The number of anilines is 1. The number of fused-ring (bicyclic) bond motifs is 4. The summed E-state index contributed by atoms with van der Waals surface area (Å²) in [6, 6.07) is 8.31. The number of halogens is 3. The maximum absolute atomic E-state index is 14.4. The first-order valence-corrected chi connectivity index (χ1v) is 10.7. The van der Waals surface area contributed by atoms with E-state index < -0.39 is 23.8 Å². The number of alkyl halides is 2. The van der Waals surface area contributed by atoms with Gasteiger partial charge in [0.15, 0.2) is 17.4 Å². The maximum atomic E-state index is 14.4. The second kappa shape index (κ2) is 8.28. The molecule has 1 aliphatic heterocycles. The Morgan fingerprint density at radius 1 is 1.12 bits per heavy atom. The Morgan fingerprint density at radius 3 is 2.59 bits per heavy atom. The van der Waals surface area contributed by atoms with Crippen molar-refractivity contribution in [2.45, 2.75) is 39.0 Å². The first-order chi connectivity index (χ1) is 16.2. The summed E-state index contributed by atoms with van der Waals surface area (Å²) < 4.78 is 47.0. The maximum Gasteiger partial charge on any atom is 0.387 e. The summed E-state index contributed by atoms with van der Waals surface area (Å²) in [4.78, 5) is 13.2. The third-order valence-electron chi connectivity index (χ3n) is 5.76. The molecule has 3 heterocycles. The van der Waals surface area contributed by atoms with Crippen molar-refractivity contribution in [3.8, 4) is 16.9 Å². The third kappa shape index (κ3) is 4.05. The molecule has 2 N–H and O–H groups in total. The molecule has 0 saturated heterocycles. The Labute approximate surface area is 193 Å². The van der Waals surface area contributed by atoms with Gasteiger partial charge in [0.1, 0.15) is 11.4 Å². The zero-order chi connectivity index (χ0) is 24.0. The molecule has 10 heteroatoms. The lowest BCUT2D eigenvalue weighted by molar-refractivity contribution is -0.0528. The summed E-state index contributed by atoms with van der Waals surface area (Å²) in [5.41, 5.74) is 2.73. The van der Waals surface area contributed by atoms with Crippen LogP contribution in [0.5, 0.6) is 5.75 Å². The zero-order valence-corrected chi connectivity index (χ0v) is 18.5. The Morgan fingerprint density at radius 2 is 1.88 bits per heavy atom. The molecule has 5 rings (SSSR count). The number of nitrogens with one attached hydrogen (secondary N) is 1. The van der Waals surface area contributed by atoms with Crippen molar-refractivity contribution >= 4 is 16.7 Å². The minimum atomic E-state index is -3.15. The number of nitrogens with zero attached hydrogens (tertiary/aromatic N) is 4. The van der Waals surface area contributed by atoms with Crippen LogP contribution in [0.15, 0.2) is 42.7 Å². The van der Waals surface area contributed by atoms with Gasteiger partial charge in [-0.15, -0.1) is 0 Å². The van der Waals surface area contributed by atoms with Crippen molar-refractivity contribution in [3.05, 3.63) is 65.8 Å². The van der Waals surface area contributed by atoms with Gasteiger partial charge >= 0.3 is 6.61 Å². The fraction of sp³-hybridized carbons (Fsp3) is 0.292. The van der Waals surface area contributed by atoms with Crippen LogP contribution < -0.4 is 10.1 Å². The molecule has 2 aromatic heterocycles. The van der Waals surface area contributed by atoms with Gasteiger partial charge < -0.3 is 19.7 Å². The van der Waals surface area contributed by atoms with Gasteiger partial charge in [0.2, 0.25) is 0 Å². The lowest BCUT2D eigenvalue weighted by Crippen LogP contribution is -2.19. The van der Waals surface area contributed by atoms with Crippen LogP contribution in [0.1, 0.15) is 31.1 Å². The van der Waals surface area contributed by atoms with Crippen molar-refractivity contribution in [2.75, 3.05) is 11.9 Å². The van der Waals surface area contributed by atoms with E-state index in [1.807, 2.05) is 22.8 Å². The minimum Gasteiger partial charge on any atom is -0.431 e. The average Bonchev–Trinajstić information content (AvgIpc) is 3.11. The van der Waals surface area contributed by atoms with E-state index in [4.69, 9.17) is 4.98 Å². The van der Waals surface area contributed by atoms with Gasteiger partial charge in [0.05, 0.1) is 17.6 Å². The van der Waals surface area contributed by atoms with E-state index in [9.17, 15) is 18.3 Å². The standard InChI is InChI=1S/C24H22F3N5O2/c1-24(2,33)22-29-10-14(11-30-22)13-3-5-18-19(9-13)32-12-15-17(28-8-7-20(32)31-18)6-4-16(25)21(15)34-23(26)27/h3-6,9-11,23,28,33H,7-8,12H2,1-2H3. The second-order valence-electron chi connectivity index (χ2n) is 8.63. The highest BCUT2D eigenvalue weighted by Gasteiger charge is 2.24. The van der Waals surface area contributed by atoms with E-state index in [1.165, 1.54) is 6.07 Å². The second-order valence-corrected chi connectivity index (χ2v) is 8.63. The molecule has 0 radical (unpaired) electrons. The Balaban J connectivity index is 1.60. The van der Waals surface area contributed by atoms with Gasteiger partial charge in [-0.1, -0.05) is 6.07 Å². The number of aliphatic hydroxyl groups is 1. The van der Waals surface area contributed by atoms with E-state index in [0.717, 1.165) is 34.1 Å². The summed E-state index contributed by atoms with van der Waals surface area (Å²) in [6.07, 6.45) is 3.86. The molecule has 0 spiro atoms. The fourth-order valence-electron chi connectivity index (χ4n) is 4.12. The number of benzene rings is 2. The number of ether oxygens (including phenoxy) is 1. The Bertz CT molecular complexity index is 1360. The largest absolute Gasteiger partial charge is 0.431 e. The summed E-state index contributed by atoms with van der Waals surface area (Å²) in [6.45, 7) is 0.670. The van der Waals surface area contributed by atoms with Crippen molar-refractivity contribution in [1.29, 1.82) is 0 Å². The van der Waals surface area contributed by atoms with Crippen molar-refractivity contribution in [2.24, 2.45) is 0 Å². The molecule has 0 aliphatic carbocycles. The monoisotopic (exact) mass is 469 g/mol. The van der Waals surface area contributed by atoms with E-state index in [2.05, 4.69) is 20.0 Å². The van der Waals surface area contributed by atoms with Gasteiger partial charge in [-0.3, -0.25) is 0 Å². The van der Waals surface area contributed by atoms with Crippen LogP contribution >= 0.6 is 0 Å². The number of hydrogen-bond donors (Lipinski definition) is 2. The van der Waals surface area contributed by atoms with Crippen LogP contribution in [0.3, 0.4) is 0 Å². The van der Waals surface area contributed by atoms with Gasteiger partial charge in [0, 0.05) is 42.2 Å². The van der Waals surface area contributed by atoms with Crippen LogP contribution in [-0.2, 0) is 18.6 Å². The Hall–Kier alpha value is -3.66. The average molecular weight is 469 g/mol. The SMILES string of the molecule is CC(C)(O)c1ncc(-c2ccc3nc4n(c3c2)Cc2c(ccc(F)c2OC(F)F)NCC4)cn1. The molecule has 0 amide bonds. The molecule has 176 valence electrons. The first kappa shape index (κ1) is 22.1. The molecule has 0 fully saturated rings. The van der Waals surface area contributed by atoms with Crippen LogP contribution in [0.4, 0.5) is 18.9 Å². The molecule has 0 bridgehead atoms. The Kier molecular flexibility index (Phi) is 5.40. The highest BCUT2D eigenvalue weighted by molar-refractivity contribution is 5.83. The van der Waals surface area contributed by atoms with Gasteiger partial charge in [0.25, 0.3) is 0 Å². The number of aromatic nitrogens is 4. The van der Waals surface area contributed by atoms with E-state index in [0.29, 0.717) is 30.0 Å². The van der Waals surface area contributed by atoms with E-state index >= 15 is 0 Å². The highest BCUT2D eigenvalue weighted by Crippen LogP contribution is 2.35. The van der Waals surface area contributed by atoms with Crippen LogP contribution in [-0.4, -0.2) is 37.8 Å². The highest BCUT2D eigenvalue weighted by atomic mass is 19.3. The molecule has 0 atom stereocenters. The zero-order valence-electron chi connectivity index (χ0n) is 18.5. The van der Waals surface area contributed by atoms with Crippen molar-refractivity contribution < 1.29 is 23.0 Å². The smallest absolute Gasteiger partial charge is 0.387 e. The topological polar surface area (TPSA) is 85.1 Å². The lowest BCUT2D eigenvalue weighted by Gasteiger charge is -2.21. The van der Waals surface area contributed by atoms with Gasteiger partial charge in [-0.2, -0.15) is 8.78 Å². The molecule has 4 aromatic rings. The van der Waals surface area contributed by atoms with Crippen LogP contribution in [0.2, 0.25) is 0 Å². The summed E-state index contributed by atoms with van der Waals surface area (Å²) in [7, 11) is 0. The third-order valence-corrected chi connectivity index (χ3v) is 5.76. The molecule has 34 heavy (non-hydrogen) atoms. The summed E-state index contributed by atoms with van der Waals surface area (Å²) in [5.74, 6) is -0.269. The summed E-state index contributed by atoms with van der Waals surface area (Å²) >= 11 is 0. The van der Waals surface area contributed by atoms with Gasteiger partial charge in [-0.05, 0) is 43.7 Å². The minimum absolute atomic E-state index is 0.103. The first-order valence-electron chi connectivity index (χ1n) is 10.7. The predicted molar refractivity (Wildman–Crippen MR) is 120 cm³/mol. The quantitative estimate of drug-likeness (QED) is 0.459. The number of imidazole rings is 1. The molecule has 7 nitrogen and oxygen atoms in total. The molecular formula is C24H22F3N5O2. The van der Waals surface area contributed by atoms with Crippen LogP contribution in [0.25, 0.3) is 22.2 Å².